The molecule has 0 fully saturated rings. The third kappa shape index (κ3) is 3.25. The molecule has 0 saturated carbocycles. The van der Waals surface area contributed by atoms with Crippen LogP contribution in [0.25, 0.3) is 22.2 Å². The molecule has 4 rings (SSSR count). The minimum absolute atomic E-state index is 0.167. The number of methoxy groups -OCH3 is 2. The van der Waals surface area contributed by atoms with E-state index in [1.54, 1.807) is 38.6 Å². The summed E-state index contributed by atoms with van der Waals surface area (Å²) in [6.45, 7) is 0. The maximum absolute atomic E-state index is 12.8. The second-order valence-corrected chi connectivity index (χ2v) is 5.97. The number of anilines is 1. The van der Waals surface area contributed by atoms with Crippen molar-refractivity contribution in [1.29, 1.82) is 0 Å². The Morgan fingerprint density at radius 1 is 1.00 bits per heavy atom. The Labute approximate surface area is 160 Å². The van der Waals surface area contributed by atoms with E-state index in [2.05, 4.69) is 15.3 Å². The van der Waals surface area contributed by atoms with Crippen molar-refractivity contribution in [3.63, 3.8) is 0 Å². The zero-order valence-electron chi connectivity index (χ0n) is 15.3. The molecule has 0 aliphatic carbocycles. The summed E-state index contributed by atoms with van der Waals surface area (Å²) >= 11 is 0. The lowest BCUT2D eigenvalue weighted by molar-refractivity contribution is 0.102. The predicted octanol–water partition coefficient (Wildman–Crippen LogP) is 4.16. The van der Waals surface area contributed by atoms with Crippen molar-refractivity contribution >= 4 is 22.5 Å². The molecule has 7 heteroatoms. The van der Waals surface area contributed by atoms with Crippen LogP contribution in [0.1, 0.15) is 10.5 Å². The van der Waals surface area contributed by atoms with Crippen molar-refractivity contribution in [2.45, 2.75) is 0 Å². The third-order valence-corrected chi connectivity index (χ3v) is 4.28. The van der Waals surface area contributed by atoms with Crippen molar-refractivity contribution in [3.05, 3.63) is 66.8 Å². The Balaban J connectivity index is 1.63. The van der Waals surface area contributed by atoms with Crippen LogP contribution in [-0.4, -0.2) is 30.1 Å². The van der Waals surface area contributed by atoms with E-state index in [4.69, 9.17) is 13.9 Å². The monoisotopic (exact) mass is 375 g/mol. The van der Waals surface area contributed by atoms with Gasteiger partial charge in [0.05, 0.1) is 31.6 Å². The van der Waals surface area contributed by atoms with Gasteiger partial charge in [-0.05, 0) is 30.3 Å². The van der Waals surface area contributed by atoms with Gasteiger partial charge < -0.3 is 19.2 Å². The number of oxazole rings is 1. The van der Waals surface area contributed by atoms with Gasteiger partial charge in [-0.3, -0.25) is 9.78 Å². The number of ether oxygens (including phenoxy) is 2. The smallest absolute Gasteiger partial charge is 0.278 e. The summed E-state index contributed by atoms with van der Waals surface area (Å²) in [4.78, 5) is 21.2. The number of fused-ring (bicyclic) bond motifs is 1. The van der Waals surface area contributed by atoms with E-state index >= 15 is 0 Å². The quantitative estimate of drug-likeness (QED) is 0.564. The number of amides is 1. The van der Waals surface area contributed by atoms with E-state index in [-0.39, 0.29) is 5.69 Å². The van der Waals surface area contributed by atoms with Crippen molar-refractivity contribution < 1.29 is 18.7 Å². The van der Waals surface area contributed by atoms with Gasteiger partial charge in [-0.15, -0.1) is 0 Å². The molecular weight excluding hydrogens is 358 g/mol. The lowest BCUT2D eigenvalue weighted by Crippen LogP contribution is -2.13. The fraction of sp³-hybridized carbons (Fsp3) is 0.0952. The van der Waals surface area contributed by atoms with Gasteiger partial charge >= 0.3 is 0 Å². The predicted molar refractivity (Wildman–Crippen MR) is 105 cm³/mol. The molecule has 0 bridgehead atoms. The van der Waals surface area contributed by atoms with Crippen LogP contribution in [0.3, 0.4) is 0 Å². The number of carbonyl (C=O) groups is 1. The van der Waals surface area contributed by atoms with Gasteiger partial charge in [-0.2, -0.15) is 0 Å². The number of carbonyl (C=O) groups excluding carboxylic acids is 1. The average molecular weight is 375 g/mol. The first-order chi connectivity index (χ1) is 13.7. The number of nitrogens with one attached hydrogen (secondary N) is 1. The third-order valence-electron chi connectivity index (χ3n) is 4.28. The van der Waals surface area contributed by atoms with Gasteiger partial charge in [0.2, 0.25) is 0 Å². The van der Waals surface area contributed by atoms with Crippen LogP contribution >= 0.6 is 0 Å². The van der Waals surface area contributed by atoms with E-state index < -0.39 is 5.91 Å². The van der Waals surface area contributed by atoms with Gasteiger partial charge in [0.25, 0.3) is 5.91 Å². The van der Waals surface area contributed by atoms with E-state index in [0.717, 1.165) is 10.9 Å². The minimum atomic E-state index is -0.393. The van der Waals surface area contributed by atoms with Gasteiger partial charge in [0, 0.05) is 10.9 Å². The number of aromatic nitrogens is 2. The molecule has 4 aromatic rings. The van der Waals surface area contributed by atoms with Crippen molar-refractivity contribution in [2.75, 3.05) is 19.5 Å². The highest BCUT2D eigenvalue weighted by Crippen LogP contribution is 2.33. The normalized spacial score (nSPS) is 10.6. The standard InChI is InChI=1S/C21H17N3O4/c1-26-17-8-7-14(10-18(17)27-2)20-19(23-12-28-20)21(25)24-15-9-13-5-3-4-6-16(13)22-11-15/h3-12H,1-2H3,(H,24,25). The highest BCUT2D eigenvalue weighted by atomic mass is 16.5. The number of nitrogens with zero attached hydrogens (tertiary/aromatic N) is 2. The summed E-state index contributed by atoms with van der Waals surface area (Å²) in [5.74, 6) is 1.06. The van der Waals surface area contributed by atoms with Crippen molar-refractivity contribution in [1.82, 2.24) is 9.97 Å². The summed E-state index contributed by atoms with van der Waals surface area (Å²) < 4.78 is 16.0. The maximum Gasteiger partial charge on any atom is 0.278 e. The summed E-state index contributed by atoms with van der Waals surface area (Å²) in [6, 6.07) is 14.8. The zero-order chi connectivity index (χ0) is 19.5. The minimum Gasteiger partial charge on any atom is -0.493 e. The summed E-state index contributed by atoms with van der Waals surface area (Å²) in [5, 5.41) is 3.75. The van der Waals surface area contributed by atoms with Crippen LogP contribution in [0.4, 0.5) is 5.69 Å². The number of rotatable bonds is 5. The second-order valence-electron chi connectivity index (χ2n) is 5.97. The van der Waals surface area contributed by atoms with E-state index in [1.165, 1.54) is 6.39 Å². The topological polar surface area (TPSA) is 86.5 Å². The first-order valence-electron chi connectivity index (χ1n) is 8.51. The first-order valence-corrected chi connectivity index (χ1v) is 8.51. The molecule has 0 unspecified atom stereocenters. The molecule has 0 aliphatic rings. The SMILES string of the molecule is COc1ccc(-c2ocnc2C(=O)Nc2cnc3ccccc3c2)cc1OC. The molecule has 1 amide bonds. The number of pyridine rings is 1. The van der Waals surface area contributed by atoms with Crippen LogP contribution < -0.4 is 14.8 Å². The van der Waals surface area contributed by atoms with Crippen molar-refractivity contribution in [3.8, 4) is 22.8 Å². The lowest BCUT2D eigenvalue weighted by atomic mass is 10.1. The van der Waals surface area contributed by atoms with Crippen LogP contribution in [0.2, 0.25) is 0 Å². The summed E-state index contributed by atoms with van der Waals surface area (Å²) in [5.41, 5.74) is 2.25. The Bertz CT molecular complexity index is 1150. The first kappa shape index (κ1) is 17.5. The summed E-state index contributed by atoms with van der Waals surface area (Å²) in [6.07, 6.45) is 2.84. The molecule has 2 aromatic heterocycles. The zero-order valence-corrected chi connectivity index (χ0v) is 15.3. The number of benzene rings is 2. The van der Waals surface area contributed by atoms with Crippen LogP contribution in [0, 0.1) is 0 Å². The molecule has 28 heavy (non-hydrogen) atoms. The van der Waals surface area contributed by atoms with E-state index in [9.17, 15) is 4.79 Å². The molecule has 0 spiro atoms. The Morgan fingerprint density at radius 2 is 1.82 bits per heavy atom. The fourth-order valence-corrected chi connectivity index (χ4v) is 2.92. The van der Waals surface area contributed by atoms with Crippen LogP contribution in [-0.2, 0) is 0 Å². The molecule has 7 nitrogen and oxygen atoms in total. The molecule has 2 aromatic carbocycles. The van der Waals surface area contributed by atoms with Crippen LogP contribution in [0.15, 0.2) is 65.5 Å². The molecule has 0 saturated heterocycles. The summed E-state index contributed by atoms with van der Waals surface area (Å²) in [7, 11) is 3.10. The second kappa shape index (κ2) is 7.40. The highest BCUT2D eigenvalue weighted by molar-refractivity contribution is 6.07. The van der Waals surface area contributed by atoms with Gasteiger partial charge in [-0.1, -0.05) is 18.2 Å². The van der Waals surface area contributed by atoms with Crippen molar-refractivity contribution in [2.24, 2.45) is 0 Å². The van der Waals surface area contributed by atoms with E-state index in [0.29, 0.717) is 28.5 Å². The van der Waals surface area contributed by atoms with Gasteiger partial charge in [0.15, 0.2) is 29.3 Å². The molecule has 140 valence electrons. The molecule has 2 heterocycles. The molecule has 0 aliphatic heterocycles. The number of para-hydroxylation sites is 1. The fourth-order valence-electron chi connectivity index (χ4n) is 2.92. The average Bonchev–Trinajstić information content (AvgIpc) is 3.23. The Hall–Kier alpha value is -3.87. The molecule has 0 atom stereocenters. The highest BCUT2D eigenvalue weighted by Gasteiger charge is 2.20. The molecule has 1 N–H and O–H groups in total. The number of hydrogen-bond donors (Lipinski definition) is 1. The molecular formula is C21H17N3O4. The van der Waals surface area contributed by atoms with Crippen LogP contribution in [0.5, 0.6) is 11.5 Å². The van der Waals surface area contributed by atoms with E-state index in [1.807, 2.05) is 30.3 Å². The lowest BCUT2D eigenvalue weighted by Gasteiger charge is -2.09. The Kier molecular flexibility index (Phi) is 4.63. The number of hydrogen-bond acceptors (Lipinski definition) is 6. The largest absolute Gasteiger partial charge is 0.493 e. The maximum atomic E-state index is 12.8. The molecule has 0 radical (unpaired) electrons. The van der Waals surface area contributed by atoms with Gasteiger partial charge in [0.1, 0.15) is 0 Å². The van der Waals surface area contributed by atoms with Gasteiger partial charge in [-0.25, -0.2) is 4.98 Å². The Morgan fingerprint density at radius 3 is 2.64 bits per heavy atom.